The van der Waals surface area contributed by atoms with Crippen LogP contribution in [-0.4, -0.2) is 40.7 Å². The van der Waals surface area contributed by atoms with Gasteiger partial charge in [-0.05, 0) is 12.1 Å². The minimum absolute atomic E-state index is 0.0470. The fraction of sp³-hybridized carbons (Fsp3) is 0.364. The largest absolute Gasteiger partial charge is 0.479 e. The molecule has 1 aromatic heterocycles. The second-order valence-corrected chi connectivity index (χ2v) is 4.44. The molecule has 1 fully saturated rings. The van der Waals surface area contributed by atoms with Crippen molar-refractivity contribution in [2.75, 3.05) is 13.2 Å². The number of nitrogens with one attached hydrogen (secondary N) is 1. The van der Waals surface area contributed by atoms with Crippen LogP contribution in [0.25, 0.3) is 0 Å². The molecule has 0 radical (unpaired) electrons. The number of aromatic nitrogens is 1. The first-order chi connectivity index (χ1) is 8.53. The highest BCUT2D eigenvalue weighted by molar-refractivity contribution is 6.30. The molecule has 2 rings (SSSR count). The number of pyridine rings is 1. The zero-order valence-electron chi connectivity index (χ0n) is 9.35. The number of ether oxygens (including phenoxy) is 1. The van der Waals surface area contributed by atoms with Gasteiger partial charge in [-0.3, -0.25) is 9.78 Å². The Morgan fingerprint density at radius 1 is 1.56 bits per heavy atom. The van der Waals surface area contributed by atoms with Gasteiger partial charge >= 0.3 is 5.97 Å². The number of carboxylic acid groups (broad SMARTS) is 1. The summed E-state index contributed by atoms with van der Waals surface area (Å²) in [6.45, 7) is 0.254. The number of carbonyl (C=O) groups excluding carboxylic acids is 1. The Morgan fingerprint density at radius 3 is 2.89 bits per heavy atom. The van der Waals surface area contributed by atoms with Crippen molar-refractivity contribution in [1.29, 1.82) is 0 Å². The van der Waals surface area contributed by atoms with Crippen LogP contribution in [0.1, 0.15) is 16.9 Å². The molecule has 0 aromatic carbocycles. The molecule has 2 N–H and O–H groups in total. The molecule has 1 aromatic rings. The molecule has 0 bridgehead atoms. The van der Waals surface area contributed by atoms with Gasteiger partial charge in [-0.2, -0.15) is 0 Å². The number of aliphatic carboxylic acids is 1. The highest BCUT2D eigenvalue weighted by atomic mass is 35.5. The summed E-state index contributed by atoms with van der Waals surface area (Å²) in [6, 6.07) is 2.91. The molecule has 2 heterocycles. The van der Waals surface area contributed by atoms with Crippen molar-refractivity contribution in [2.24, 2.45) is 0 Å². The van der Waals surface area contributed by atoms with Crippen LogP contribution in [0.5, 0.6) is 0 Å². The van der Waals surface area contributed by atoms with E-state index in [0.717, 1.165) is 0 Å². The second-order valence-electron chi connectivity index (χ2n) is 4.00. The van der Waals surface area contributed by atoms with Crippen molar-refractivity contribution in [3.8, 4) is 0 Å². The molecule has 1 aliphatic rings. The smallest absolute Gasteiger partial charge is 0.331 e. The van der Waals surface area contributed by atoms with Crippen molar-refractivity contribution >= 4 is 23.5 Å². The topological polar surface area (TPSA) is 88.5 Å². The van der Waals surface area contributed by atoms with E-state index < -0.39 is 17.4 Å². The molecule has 7 heteroatoms. The Kier molecular flexibility index (Phi) is 3.49. The van der Waals surface area contributed by atoms with Crippen LogP contribution < -0.4 is 5.32 Å². The minimum atomic E-state index is -1.37. The summed E-state index contributed by atoms with van der Waals surface area (Å²) in [5.41, 5.74) is -1.30. The monoisotopic (exact) mass is 270 g/mol. The van der Waals surface area contributed by atoms with Crippen molar-refractivity contribution in [3.05, 3.63) is 29.0 Å². The Bertz CT molecular complexity index is 486. The quantitative estimate of drug-likeness (QED) is 0.844. The molecule has 1 saturated heterocycles. The summed E-state index contributed by atoms with van der Waals surface area (Å²) in [5.74, 6) is -1.69. The van der Waals surface area contributed by atoms with Crippen LogP contribution in [0.4, 0.5) is 0 Å². The molecule has 0 aliphatic carbocycles. The third-order valence-corrected chi connectivity index (χ3v) is 2.97. The first-order valence-corrected chi connectivity index (χ1v) is 5.66. The van der Waals surface area contributed by atoms with Gasteiger partial charge in [0.15, 0.2) is 5.54 Å². The number of amides is 1. The highest BCUT2D eigenvalue weighted by Crippen LogP contribution is 2.20. The lowest BCUT2D eigenvalue weighted by Crippen LogP contribution is -2.55. The zero-order chi connectivity index (χ0) is 13.2. The van der Waals surface area contributed by atoms with E-state index in [-0.39, 0.29) is 18.7 Å². The maximum absolute atomic E-state index is 11.9. The summed E-state index contributed by atoms with van der Waals surface area (Å²) in [7, 11) is 0. The Morgan fingerprint density at radius 2 is 2.33 bits per heavy atom. The van der Waals surface area contributed by atoms with E-state index in [0.29, 0.717) is 11.6 Å². The lowest BCUT2D eigenvalue weighted by Gasteiger charge is -2.23. The molecular weight excluding hydrogens is 260 g/mol. The van der Waals surface area contributed by atoms with E-state index in [9.17, 15) is 14.7 Å². The van der Waals surface area contributed by atoms with Gasteiger partial charge in [0.2, 0.25) is 0 Å². The number of halogens is 1. The maximum atomic E-state index is 11.9. The molecule has 96 valence electrons. The Balaban J connectivity index is 2.18. The van der Waals surface area contributed by atoms with Crippen molar-refractivity contribution in [2.45, 2.75) is 12.0 Å². The van der Waals surface area contributed by atoms with E-state index in [1.807, 2.05) is 0 Å². The van der Waals surface area contributed by atoms with Crippen LogP contribution in [0.2, 0.25) is 5.02 Å². The number of carbonyl (C=O) groups is 2. The van der Waals surface area contributed by atoms with Gasteiger partial charge < -0.3 is 15.2 Å². The van der Waals surface area contributed by atoms with Crippen LogP contribution >= 0.6 is 11.6 Å². The number of nitrogens with zero attached hydrogens (tertiary/aromatic N) is 1. The summed E-state index contributed by atoms with van der Waals surface area (Å²) < 4.78 is 5.04. The predicted octanol–water partition coefficient (Wildman–Crippen LogP) is 0.708. The number of hydrogen-bond acceptors (Lipinski definition) is 4. The molecule has 0 saturated carbocycles. The third kappa shape index (κ3) is 2.44. The van der Waals surface area contributed by atoms with E-state index in [1.54, 1.807) is 0 Å². The average molecular weight is 271 g/mol. The van der Waals surface area contributed by atoms with Crippen molar-refractivity contribution < 1.29 is 19.4 Å². The Labute approximate surface area is 108 Å². The van der Waals surface area contributed by atoms with Crippen LogP contribution in [0, 0.1) is 0 Å². The number of rotatable bonds is 3. The van der Waals surface area contributed by atoms with E-state index in [2.05, 4.69) is 10.3 Å². The molecule has 1 unspecified atom stereocenters. The summed E-state index contributed by atoms with van der Waals surface area (Å²) >= 11 is 5.74. The van der Waals surface area contributed by atoms with E-state index >= 15 is 0 Å². The SMILES string of the molecule is O=C(NC1(C(=O)O)CCOC1)c1cc(Cl)ccn1. The van der Waals surface area contributed by atoms with E-state index in [4.69, 9.17) is 16.3 Å². The molecule has 1 atom stereocenters. The summed E-state index contributed by atoms with van der Waals surface area (Å²) in [6.07, 6.45) is 1.62. The second kappa shape index (κ2) is 4.91. The van der Waals surface area contributed by atoms with E-state index in [1.165, 1.54) is 18.3 Å². The van der Waals surface area contributed by atoms with Crippen molar-refractivity contribution in [3.63, 3.8) is 0 Å². The normalized spacial score (nSPS) is 22.7. The van der Waals surface area contributed by atoms with Gasteiger partial charge in [0.1, 0.15) is 5.69 Å². The fourth-order valence-corrected chi connectivity index (χ4v) is 1.86. The summed E-state index contributed by atoms with van der Waals surface area (Å²) in [4.78, 5) is 27.0. The van der Waals surface area contributed by atoms with Crippen LogP contribution in [0.15, 0.2) is 18.3 Å². The molecule has 0 spiro atoms. The third-order valence-electron chi connectivity index (χ3n) is 2.74. The number of hydrogen-bond donors (Lipinski definition) is 2. The van der Waals surface area contributed by atoms with Gasteiger partial charge in [0.05, 0.1) is 6.61 Å². The lowest BCUT2D eigenvalue weighted by atomic mass is 9.99. The van der Waals surface area contributed by atoms with Gasteiger partial charge in [-0.1, -0.05) is 11.6 Å². The molecule has 18 heavy (non-hydrogen) atoms. The van der Waals surface area contributed by atoms with Gasteiger partial charge in [0, 0.05) is 24.2 Å². The van der Waals surface area contributed by atoms with Gasteiger partial charge in [-0.25, -0.2) is 4.79 Å². The molecule has 6 nitrogen and oxygen atoms in total. The summed E-state index contributed by atoms with van der Waals surface area (Å²) in [5, 5.41) is 12.0. The highest BCUT2D eigenvalue weighted by Gasteiger charge is 2.44. The first-order valence-electron chi connectivity index (χ1n) is 5.29. The van der Waals surface area contributed by atoms with Gasteiger partial charge in [0.25, 0.3) is 5.91 Å². The molecular formula is C11H11ClN2O4. The fourth-order valence-electron chi connectivity index (χ4n) is 1.70. The predicted molar refractivity (Wildman–Crippen MR) is 62.5 cm³/mol. The van der Waals surface area contributed by atoms with Crippen LogP contribution in [0.3, 0.4) is 0 Å². The molecule has 1 amide bonds. The average Bonchev–Trinajstić information content (AvgIpc) is 2.79. The van der Waals surface area contributed by atoms with Gasteiger partial charge in [-0.15, -0.1) is 0 Å². The first kappa shape index (κ1) is 12.8. The minimum Gasteiger partial charge on any atom is -0.479 e. The maximum Gasteiger partial charge on any atom is 0.331 e. The number of carboxylic acids is 1. The Hall–Kier alpha value is -1.66. The van der Waals surface area contributed by atoms with Crippen LogP contribution in [-0.2, 0) is 9.53 Å². The standard InChI is InChI=1S/C11H11ClN2O4/c12-7-1-3-13-8(5-7)9(15)14-11(10(16)17)2-4-18-6-11/h1,3,5H,2,4,6H2,(H,14,15)(H,16,17). The zero-order valence-corrected chi connectivity index (χ0v) is 10.1. The lowest BCUT2D eigenvalue weighted by molar-refractivity contribution is -0.144. The van der Waals surface area contributed by atoms with Crippen molar-refractivity contribution in [1.82, 2.24) is 10.3 Å². The molecule has 1 aliphatic heterocycles.